The first kappa shape index (κ1) is 19.9. The molecule has 0 aliphatic heterocycles. The zero-order chi connectivity index (χ0) is 20.1. The number of phenolic OH excluding ortho intramolecular Hbond substituents is 1. The highest BCUT2D eigenvalue weighted by atomic mass is 16.3. The van der Waals surface area contributed by atoms with Gasteiger partial charge in [0, 0.05) is 29.6 Å². The van der Waals surface area contributed by atoms with E-state index in [-0.39, 0.29) is 24.3 Å². The Labute approximate surface area is 164 Å². The number of hydrogen-bond acceptors (Lipinski definition) is 5. The first-order valence-corrected chi connectivity index (χ1v) is 9.49. The number of rotatable bonds is 8. The molecule has 0 bridgehead atoms. The van der Waals surface area contributed by atoms with Crippen LogP contribution in [0.4, 0.5) is 0 Å². The van der Waals surface area contributed by atoms with Crippen LogP contribution in [0.15, 0.2) is 46.9 Å². The van der Waals surface area contributed by atoms with E-state index in [2.05, 4.69) is 10.6 Å². The van der Waals surface area contributed by atoms with Crippen molar-refractivity contribution in [3.8, 4) is 17.1 Å². The van der Waals surface area contributed by atoms with Gasteiger partial charge in [-0.15, -0.1) is 0 Å². The SMILES string of the molecule is CC[C@@H](CO)NCCc1c(O)ccc2oc(-c3ccccc3)c(C(=O)NC)c12. The minimum absolute atomic E-state index is 0.00369. The average Bonchev–Trinajstić information content (AvgIpc) is 3.12. The maximum atomic E-state index is 12.7. The molecule has 148 valence electrons. The summed E-state index contributed by atoms with van der Waals surface area (Å²) in [6, 6.07) is 12.7. The van der Waals surface area contributed by atoms with Crippen molar-refractivity contribution >= 4 is 16.9 Å². The van der Waals surface area contributed by atoms with Gasteiger partial charge in [-0.1, -0.05) is 37.3 Å². The first-order chi connectivity index (χ1) is 13.6. The number of aliphatic hydroxyl groups is 1. The second-order valence-electron chi connectivity index (χ2n) is 6.68. The lowest BCUT2D eigenvalue weighted by atomic mass is 9.98. The summed E-state index contributed by atoms with van der Waals surface area (Å²) in [6.45, 7) is 2.61. The summed E-state index contributed by atoms with van der Waals surface area (Å²) >= 11 is 0. The van der Waals surface area contributed by atoms with E-state index in [1.807, 2.05) is 37.3 Å². The van der Waals surface area contributed by atoms with E-state index >= 15 is 0 Å². The second-order valence-corrected chi connectivity index (χ2v) is 6.68. The average molecular weight is 382 g/mol. The van der Waals surface area contributed by atoms with Crippen LogP contribution in [0.5, 0.6) is 5.75 Å². The molecule has 1 heterocycles. The minimum atomic E-state index is -0.265. The van der Waals surface area contributed by atoms with Crippen LogP contribution in [-0.2, 0) is 6.42 Å². The Morgan fingerprint density at radius 3 is 2.57 bits per heavy atom. The summed E-state index contributed by atoms with van der Waals surface area (Å²) in [4.78, 5) is 12.7. The lowest BCUT2D eigenvalue weighted by molar-refractivity contribution is 0.0964. The molecule has 0 spiro atoms. The Hall–Kier alpha value is -2.83. The van der Waals surface area contributed by atoms with Gasteiger partial charge in [-0.05, 0) is 31.5 Å². The quantitative estimate of drug-likeness (QED) is 0.480. The lowest BCUT2D eigenvalue weighted by Crippen LogP contribution is -2.33. The fraction of sp³-hybridized carbons (Fsp3) is 0.318. The topological polar surface area (TPSA) is 94.7 Å². The Morgan fingerprint density at radius 1 is 1.18 bits per heavy atom. The van der Waals surface area contributed by atoms with Gasteiger partial charge in [-0.2, -0.15) is 0 Å². The molecule has 0 fully saturated rings. The molecule has 2 aromatic carbocycles. The predicted molar refractivity (Wildman–Crippen MR) is 110 cm³/mol. The van der Waals surface area contributed by atoms with Crippen molar-refractivity contribution in [3.63, 3.8) is 0 Å². The van der Waals surface area contributed by atoms with Crippen molar-refractivity contribution < 1.29 is 19.4 Å². The molecule has 4 N–H and O–H groups in total. The monoisotopic (exact) mass is 382 g/mol. The van der Waals surface area contributed by atoms with Crippen LogP contribution < -0.4 is 10.6 Å². The number of hydrogen-bond donors (Lipinski definition) is 4. The third-order valence-corrected chi connectivity index (χ3v) is 4.95. The summed E-state index contributed by atoms with van der Waals surface area (Å²) < 4.78 is 6.04. The van der Waals surface area contributed by atoms with E-state index in [1.165, 1.54) is 0 Å². The first-order valence-electron chi connectivity index (χ1n) is 9.49. The Kier molecular flexibility index (Phi) is 6.34. The summed E-state index contributed by atoms with van der Waals surface area (Å²) in [5.41, 5.74) is 2.43. The molecule has 28 heavy (non-hydrogen) atoms. The number of carbonyl (C=O) groups is 1. The standard InChI is InChI=1S/C22H26N2O4/c1-3-15(13-25)24-12-11-16-17(26)9-10-18-19(16)20(22(27)23-2)21(28-18)14-7-5-4-6-8-14/h4-10,15,24-26H,3,11-13H2,1-2H3,(H,23,27)/t15-/m0/s1. The van der Waals surface area contributed by atoms with E-state index in [1.54, 1.807) is 19.2 Å². The highest BCUT2D eigenvalue weighted by molar-refractivity contribution is 6.12. The molecule has 1 aromatic heterocycles. The van der Waals surface area contributed by atoms with Crippen LogP contribution in [0, 0.1) is 0 Å². The molecule has 0 saturated heterocycles. The predicted octanol–water partition coefficient (Wildman–Crippen LogP) is 3.07. The van der Waals surface area contributed by atoms with Crippen molar-refractivity contribution in [1.29, 1.82) is 0 Å². The van der Waals surface area contributed by atoms with Gasteiger partial charge in [0.05, 0.1) is 12.2 Å². The zero-order valence-corrected chi connectivity index (χ0v) is 16.2. The molecular formula is C22H26N2O4. The fourth-order valence-corrected chi connectivity index (χ4v) is 3.38. The number of carbonyl (C=O) groups excluding carboxylic acids is 1. The zero-order valence-electron chi connectivity index (χ0n) is 16.2. The Balaban J connectivity index is 2.10. The summed E-state index contributed by atoms with van der Waals surface area (Å²) in [6.07, 6.45) is 1.30. The molecule has 0 aliphatic carbocycles. The number of aromatic hydroxyl groups is 1. The number of aliphatic hydroxyl groups excluding tert-OH is 1. The number of benzene rings is 2. The highest BCUT2D eigenvalue weighted by Crippen LogP contribution is 2.38. The Morgan fingerprint density at radius 2 is 1.93 bits per heavy atom. The number of phenols is 1. The Bertz CT molecular complexity index is 946. The van der Waals surface area contributed by atoms with Gasteiger partial charge in [-0.3, -0.25) is 4.79 Å². The third-order valence-electron chi connectivity index (χ3n) is 4.95. The van der Waals surface area contributed by atoms with Crippen molar-refractivity contribution in [2.45, 2.75) is 25.8 Å². The van der Waals surface area contributed by atoms with Gasteiger partial charge >= 0.3 is 0 Å². The van der Waals surface area contributed by atoms with E-state index in [4.69, 9.17) is 4.42 Å². The molecule has 3 rings (SSSR count). The van der Waals surface area contributed by atoms with E-state index < -0.39 is 0 Å². The molecule has 6 nitrogen and oxygen atoms in total. The number of fused-ring (bicyclic) bond motifs is 1. The van der Waals surface area contributed by atoms with Crippen molar-refractivity contribution in [2.24, 2.45) is 0 Å². The summed E-state index contributed by atoms with van der Waals surface area (Å²) in [5, 5.41) is 26.4. The van der Waals surface area contributed by atoms with Crippen LogP contribution in [0.1, 0.15) is 29.3 Å². The molecule has 3 aromatic rings. The minimum Gasteiger partial charge on any atom is -0.508 e. The van der Waals surface area contributed by atoms with Crippen molar-refractivity contribution in [2.75, 3.05) is 20.2 Å². The number of furan rings is 1. The maximum absolute atomic E-state index is 12.7. The molecule has 6 heteroatoms. The smallest absolute Gasteiger partial charge is 0.255 e. The molecule has 1 amide bonds. The molecule has 1 atom stereocenters. The van der Waals surface area contributed by atoms with Crippen molar-refractivity contribution in [3.05, 3.63) is 53.6 Å². The van der Waals surface area contributed by atoms with Crippen LogP contribution in [0.2, 0.25) is 0 Å². The summed E-state index contributed by atoms with van der Waals surface area (Å²) in [5.74, 6) is 0.340. The molecule has 0 radical (unpaired) electrons. The maximum Gasteiger partial charge on any atom is 0.255 e. The van der Waals surface area contributed by atoms with E-state index in [0.29, 0.717) is 40.8 Å². The van der Waals surface area contributed by atoms with Crippen LogP contribution in [-0.4, -0.2) is 42.4 Å². The highest BCUT2D eigenvalue weighted by Gasteiger charge is 2.25. The van der Waals surface area contributed by atoms with Gasteiger partial charge in [0.15, 0.2) is 0 Å². The molecule has 0 saturated carbocycles. The van der Waals surface area contributed by atoms with Gasteiger partial charge in [0.1, 0.15) is 17.1 Å². The fourth-order valence-electron chi connectivity index (χ4n) is 3.38. The van der Waals surface area contributed by atoms with Crippen molar-refractivity contribution in [1.82, 2.24) is 10.6 Å². The van der Waals surface area contributed by atoms with Gasteiger partial charge in [-0.25, -0.2) is 0 Å². The van der Waals surface area contributed by atoms with Crippen LogP contribution >= 0.6 is 0 Å². The van der Waals surface area contributed by atoms with Gasteiger partial charge < -0.3 is 25.3 Å². The van der Waals surface area contributed by atoms with Crippen LogP contribution in [0.3, 0.4) is 0 Å². The normalized spacial score (nSPS) is 12.2. The summed E-state index contributed by atoms with van der Waals surface area (Å²) in [7, 11) is 1.58. The van der Waals surface area contributed by atoms with Gasteiger partial charge in [0.2, 0.25) is 0 Å². The van der Waals surface area contributed by atoms with E-state index in [9.17, 15) is 15.0 Å². The lowest BCUT2D eigenvalue weighted by Gasteiger charge is -2.14. The number of nitrogens with one attached hydrogen (secondary N) is 2. The van der Waals surface area contributed by atoms with Crippen LogP contribution in [0.25, 0.3) is 22.3 Å². The second kappa shape index (κ2) is 8.91. The molecular weight excluding hydrogens is 356 g/mol. The molecule has 0 aliphatic rings. The van der Waals surface area contributed by atoms with Gasteiger partial charge in [0.25, 0.3) is 5.91 Å². The molecule has 0 unspecified atom stereocenters. The van der Waals surface area contributed by atoms with E-state index in [0.717, 1.165) is 12.0 Å². The largest absolute Gasteiger partial charge is 0.508 e. The number of amides is 1. The third kappa shape index (κ3) is 3.88.